The Balaban J connectivity index is 1.98. The summed E-state index contributed by atoms with van der Waals surface area (Å²) in [6.45, 7) is 3.97. The first kappa shape index (κ1) is 26.6. The molecule has 184 valence electrons. The van der Waals surface area contributed by atoms with Crippen LogP contribution in [-0.4, -0.2) is 35.9 Å². The van der Waals surface area contributed by atoms with Gasteiger partial charge in [0.15, 0.2) is 0 Å². The first-order chi connectivity index (χ1) is 16.8. The highest BCUT2D eigenvalue weighted by Gasteiger charge is 2.31. The van der Waals surface area contributed by atoms with E-state index in [1.165, 1.54) is 0 Å². The third-order valence-electron chi connectivity index (χ3n) is 5.57. The molecule has 0 aliphatic carbocycles. The number of amides is 2. The van der Waals surface area contributed by atoms with E-state index in [1.807, 2.05) is 68.4 Å². The molecule has 1 atom stereocenters. The average Bonchev–Trinajstić information content (AvgIpc) is 2.83. The van der Waals surface area contributed by atoms with Crippen molar-refractivity contribution in [2.45, 2.75) is 45.3 Å². The highest BCUT2D eigenvalue weighted by molar-refractivity contribution is 6.35. The molecule has 0 fully saturated rings. The van der Waals surface area contributed by atoms with Crippen LogP contribution in [0.25, 0.3) is 0 Å². The van der Waals surface area contributed by atoms with Gasteiger partial charge in [-0.3, -0.25) is 9.59 Å². The number of methoxy groups -OCH3 is 1. The third-order valence-corrected chi connectivity index (χ3v) is 6.16. The van der Waals surface area contributed by atoms with Crippen LogP contribution in [-0.2, 0) is 29.0 Å². The van der Waals surface area contributed by atoms with Crippen molar-refractivity contribution in [3.05, 3.63) is 99.5 Å². The minimum atomic E-state index is -0.725. The van der Waals surface area contributed by atoms with E-state index in [4.69, 9.17) is 27.9 Å². The Bertz CT molecular complexity index is 1130. The Hall–Kier alpha value is -3.02. The molecule has 35 heavy (non-hydrogen) atoms. The van der Waals surface area contributed by atoms with E-state index in [0.29, 0.717) is 22.2 Å². The Kier molecular flexibility index (Phi) is 9.58. The molecule has 0 aliphatic rings. The molecule has 0 saturated heterocycles. The van der Waals surface area contributed by atoms with Crippen LogP contribution in [0.3, 0.4) is 0 Å². The minimum absolute atomic E-state index is 0.0709. The average molecular weight is 513 g/mol. The third kappa shape index (κ3) is 7.74. The second kappa shape index (κ2) is 12.6. The van der Waals surface area contributed by atoms with Crippen LogP contribution in [0.1, 0.15) is 30.5 Å². The van der Waals surface area contributed by atoms with E-state index in [9.17, 15) is 9.59 Å². The van der Waals surface area contributed by atoms with Crippen LogP contribution in [0.4, 0.5) is 0 Å². The van der Waals surface area contributed by atoms with Crippen molar-refractivity contribution < 1.29 is 14.3 Å². The fourth-order valence-electron chi connectivity index (χ4n) is 3.79. The number of rotatable bonds is 10. The van der Waals surface area contributed by atoms with Gasteiger partial charge in [-0.05, 0) is 54.8 Å². The molecule has 0 saturated carbocycles. The fourth-order valence-corrected chi connectivity index (χ4v) is 4.26. The molecule has 5 nitrogen and oxygen atoms in total. The van der Waals surface area contributed by atoms with Crippen LogP contribution in [0.5, 0.6) is 5.75 Å². The molecule has 0 spiro atoms. The molecule has 0 bridgehead atoms. The quantitative estimate of drug-likeness (QED) is 0.378. The number of carbonyl (C=O) groups is 2. The van der Waals surface area contributed by atoms with Gasteiger partial charge < -0.3 is 15.0 Å². The van der Waals surface area contributed by atoms with Gasteiger partial charge in [0.2, 0.25) is 11.8 Å². The van der Waals surface area contributed by atoms with Gasteiger partial charge in [0.1, 0.15) is 11.8 Å². The molecule has 3 rings (SSSR count). The molecule has 7 heteroatoms. The number of hydrogen-bond acceptors (Lipinski definition) is 3. The number of ether oxygens (including phenoxy) is 1. The molecule has 1 N–H and O–H groups in total. The van der Waals surface area contributed by atoms with Crippen LogP contribution in [0, 0.1) is 0 Å². The molecule has 0 aliphatic heterocycles. The zero-order valence-electron chi connectivity index (χ0n) is 20.1. The van der Waals surface area contributed by atoms with Gasteiger partial charge in [0.25, 0.3) is 0 Å². The summed E-state index contributed by atoms with van der Waals surface area (Å²) in [4.78, 5) is 28.7. The van der Waals surface area contributed by atoms with Gasteiger partial charge in [-0.2, -0.15) is 0 Å². The van der Waals surface area contributed by atoms with Gasteiger partial charge in [0, 0.05) is 29.1 Å². The normalized spacial score (nSPS) is 11.7. The van der Waals surface area contributed by atoms with E-state index in [2.05, 4.69) is 5.32 Å². The summed E-state index contributed by atoms with van der Waals surface area (Å²) in [6, 6.07) is 21.4. The summed E-state index contributed by atoms with van der Waals surface area (Å²) in [7, 11) is 1.60. The number of carbonyl (C=O) groups excluding carboxylic acids is 2. The molecule has 3 aromatic rings. The highest BCUT2D eigenvalue weighted by Crippen LogP contribution is 2.25. The predicted molar refractivity (Wildman–Crippen MR) is 141 cm³/mol. The Morgan fingerprint density at radius 1 is 0.943 bits per heavy atom. The van der Waals surface area contributed by atoms with Crippen LogP contribution in [0.15, 0.2) is 72.8 Å². The van der Waals surface area contributed by atoms with Crippen molar-refractivity contribution in [1.29, 1.82) is 0 Å². The van der Waals surface area contributed by atoms with Gasteiger partial charge in [-0.25, -0.2) is 0 Å². The van der Waals surface area contributed by atoms with E-state index in [1.54, 1.807) is 30.2 Å². The lowest BCUT2D eigenvalue weighted by molar-refractivity contribution is -0.141. The largest absolute Gasteiger partial charge is 0.497 e. The monoisotopic (exact) mass is 512 g/mol. The zero-order chi connectivity index (χ0) is 25.4. The fraction of sp³-hybridized carbons (Fsp3) is 0.286. The van der Waals surface area contributed by atoms with Gasteiger partial charge in [-0.15, -0.1) is 0 Å². The van der Waals surface area contributed by atoms with Crippen LogP contribution in [0.2, 0.25) is 10.0 Å². The maximum Gasteiger partial charge on any atom is 0.243 e. The SMILES string of the molecule is COc1ccc(CC(=O)N(Cc2ccc(Cl)cc2Cl)[C@@H](Cc2ccccc2)C(=O)NC(C)C)cc1. The van der Waals surface area contributed by atoms with Crippen molar-refractivity contribution >= 4 is 35.0 Å². The summed E-state index contributed by atoms with van der Waals surface area (Å²) < 4.78 is 5.22. The molecule has 0 heterocycles. The van der Waals surface area contributed by atoms with Gasteiger partial charge in [0.05, 0.1) is 13.5 Å². The van der Waals surface area contributed by atoms with E-state index < -0.39 is 6.04 Å². The Labute approximate surface area is 217 Å². The van der Waals surface area contributed by atoms with E-state index in [-0.39, 0.29) is 30.8 Å². The first-order valence-electron chi connectivity index (χ1n) is 11.5. The molecule has 3 aromatic carbocycles. The lowest BCUT2D eigenvalue weighted by atomic mass is 10.0. The molecule has 0 unspecified atom stereocenters. The summed E-state index contributed by atoms with van der Waals surface area (Å²) in [5.74, 6) is 0.322. The van der Waals surface area contributed by atoms with E-state index >= 15 is 0 Å². The van der Waals surface area contributed by atoms with Crippen molar-refractivity contribution in [3.8, 4) is 5.75 Å². The Morgan fingerprint density at radius 3 is 2.23 bits per heavy atom. The van der Waals surface area contributed by atoms with Crippen LogP contribution < -0.4 is 10.1 Å². The molecular weight excluding hydrogens is 483 g/mol. The van der Waals surface area contributed by atoms with Gasteiger partial charge in [-0.1, -0.05) is 71.7 Å². The topological polar surface area (TPSA) is 58.6 Å². The summed E-state index contributed by atoms with van der Waals surface area (Å²) in [5, 5.41) is 3.94. The standard InChI is InChI=1S/C28H30Cl2N2O3/c1-19(2)31-28(34)26(15-20-7-5-4-6-8-20)32(18-22-11-12-23(29)17-25(22)30)27(33)16-21-9-13-24(35-3)14-10-21/h4-14,17,19,26H,15-16,18H2,1-3H3,(H,31,34)/t26-/m0/s1. The molecule has 2 amide bonds. The number of halogens is 2. The van der Waals surface area contributed by atoms with Crippen molar-refractivity contribution in [2.75, 3.05) is 7.11 Å². The predicted octanol–water partition coefficient (Wildman–Crippen LogP) is 5.71. The summed E-state index contributed by atoms with van der Waals surface area (Å²) >= 11 is 12.6. The number of nitrogens with zero attached hydrogens (tertiary/aromatic N) is 1. The highest BCUT2D eigenvalue weighted by atomic mass is 35.5. The molecule has 0 radical (unpaired) electrons. The van der Waals surface area contributed by atoms with Crippen LogP contribution >= 0.6 is 23.2 Å². The summed E-state index contributed by atoms with van der Waals surface area (Å²) in [6.07, 6.45) is 0.508. The smallest absolute Gasteiger partial charge is 0.243 e. The zero-order valence-corrected chi connectivity index (χ0v) is 21.6. The first-order valence-corrected chi connectivity index (χ1v) is 12.2. The van der Waals surface area contributed by atoms with Gasteiger partial charge >= 0.3 is 0 Å². The molecule has 0 aromatic heterocycles. The molecular formula is C28H30Cl2N2O3. The number of nitrogens with one attached hydrogen (secondary N) is 1. The van der Waals surface area contributed by atoms with Crippen molar-refractivity contribution in [1.82, 2.24) is 10.2 Å². The number of benzene rings is 3. The maximum absolute atomic E-state index is 13.7. The Morgan fingerprint density at radius 2 is 1.63 bits per heavy atom. The maximum atomic E-state index is 13.7. The lowest BCUT2D eigenvalue weighted by Crippen LogP contribution is -2.52. The van der Waals surface area contributed by atoms with Crippen molar-refractivity contribution in [2.24, 2.45) is 0 Å². The van der Waals surface area contributed by atoms with Crippen molar-refractivity contribution in [3.63, 3.8) is 0 Å². The summed E-state index contributed by atoms with van der Waals surface area (Å²) in [5.41, 5.74) is 2.50. The second-order valence-electron chi connectivity index (χ2n) is 8.65. The van der Waals surface area contributed by atoms with E-state index in [0.717, 1.165) is 16.7 Å². The lowest BCUT2D eigenvalue weighted by Gasteiger charge is -2.32. The minimum Gasteiger partial charge on any atom is -0.497 e. The second-order valence-corrected chi connectivity index (χ2v) is 9.49. The number of hydrogen-bond donors (Lipinski definition) is 1.